The molecular formula is C20H23N3O3S2. The molecule has 0 spiro atoms. The van der Waals surface area contributed by atoms with E-state index in [-0.39, 0.29) is 4.90 Å². The van der Waals surface area contributed by atoms with Gasteiger partial charge in [-0.3, -0.25) is 4.72 Å². The average Bonchev–Trinajstić information content (AvgIpc) is 2.65. The predicted octanol–water partition coefficient (Wildman–Crippen LogP) is 3.35. The minimum Gasteiger partial charge on any atom is -0.399 e. The van der Waals surface area contributed by atoms with Crippen molar-refractivity contribution < 1.29 is 12.6 Å². The summed E-state index contributed by atoms with van der Waals surface area (Å²) in [6.07, 6.45) is 0. The molecule has 0 saturated carbocycles. The predicted molar refractivity (Wildman–Crippen MR) is 115 cm³/mol. The van der Waals surface area contributed by atoms with Gasteiger partial charge in [0.05, 0.1) is 9.79 Å². The van der Waals surface area contributed by atoms with Gasteiger partial charge < -0.3 is 5.73 Å². The Labute approximate surface area is 168 Å². The van der Waals surface area contributed by atoms with E-state index < -0.39 is 21.0 Å². The maximum atomic E-state index is 12.1. The Balaban J connectivity index is 0.000000237. The first kappa shape index (κ1) is 21.6. The standard InChI is InChI=1S/C13H14N2O2S.C7H9NOS/c1-10-2-8-13(9-3-10)18(16,17)15-12-6-4-11(14)5-7-12;1-6-2-4-7(5-3-6)10(8)9/h2-9,15H,14H2,1H3;2-5H,8H2,1H3/t;10-/m.1/s1. The molecule has 0 fully saturated rings. The first-order valence-electron chi connectivity index (χ1n) is 8.35. The van der Waals surface area contributed by atoms with Gasteiger partial charge in [0.1, 0.15) is 11.0 Å². The fourth-order valence-electron chi connectivity index (χ4n) is 2.16. The molecule has 0 heterocycles. The van der Waals surface area contributed by atoms with Crippen molar-refractivity contribution in [3.05, 3.63) is 83.9 Å². The maximum Gasteiger partial charge on any atom is 0.261 e. The average molecular weight is 418 g/mol. The molecule has 0 aliphatic rings. The topological polar surface area (TPSA) is 115 Å². The Kier molecular flexibility index (Phi) is 7.33. The number of hydrogen-bond donors (Lipinski definition) is 3. The lowest BCUT2D eigenvalue weighted by molar-refractivity contribution is 0.601. The van der Waals surface area contributed by atoms with E-state index in [9.17, 15) is 12.6 Å². The van der Waals surface area contributed by atoms with E-state index in [1.807, 2.05) is 26.0 Å². The van der Waals surface area contributed by atoms with E-state index in [1.165, 1.54) is 0 Å². The minimum absolute atomic E-state index is 0.241. The van der Waals surface area contributed by atoms with Crippen molar-refractivity contribution >= 4 is 32.4 Å². The number of nitrogens with two attached hydrogens (primary N) is 2. The molecule has 3 aromatic carbocycles. The summed E-state index contributed by atoms with van der Waals surface area (Å²) in [4.78, 5) is 0.913. The number of benzene rings is 3. The highest BCUT2D eigenvalue weighted by molar-refractivity contribution is 7.92. The Morgan fingerprint density at radius 3 is 1.71 bits per heavy atom. The van der Waals surface area contributed by atoms with Crippen LogP contribution in [0.25, 0.3) is 0 Å². The van der Waals surface area contributed by atoms with Crippen molar-refractivity contribution in [3.8, 4) is 0 Å². The summed E-state index contributed by atoms with van der Waals surface area (Å²) in [5.41, 5.74) is 8.79. The van der Waals surface area contributed by atoms with Gasteiger partial charge >= 0.3 is 0 Å². The van der Waals surface area contributed by atoms with Crippen molar-refractivity contribution in [2.75, 3.05) is 10.5 Å². The molecule has 0 aromatic heterocycles. The van der Waals surface area contributed by atoms with Crippen LogP contribution in [0.2, 0.25) is 0 Å². The highest BCUT2D eigenvalue weighted by atomic mass is 32.2. The molecule has 6 nitrogen and oxygen atoms in total. The fraction of sp³-hybridized carbons (Fsp3) is 0.100. The number of nitrogens with one attached hydrogen (secondary N) is 1. The van der Waals surface area contributed by atoms with Gasteiger partial charge in [-0.15, -0.1) is 0 Å². The third kappa shape index (κ3) is 6.49. The molecule has 0 bridgehead atoms. The summed E-state index contributed by atoms with van der Waals surface area (Å²) >= 11 is 0. The molecule has 1 atom stereocenters. The van der Waals surface area contributed by atoms with Crippen LogP contribution in [0.4, 0.5) is 11.4 Å². The van der Waals surface area contributed by atoms with Gasteiger partial charge in [-0.1, -0.05) is 35.4 Å². The van der Waals surface area contributed by atoms with Gasteiger partial charge in [-0.25, -0.2) is 17.8 Å². The molecule has 3 rings (SSSR count). The van der Waals surface area contributed by atoms with E-state index in [0.717, 1.165) is 11.1 Å². The van der Waals surface area contributed by atoms with E-state index in [1.54, 1.807) is 60.7 Å². The van der Waals surface area contributed by atoms with E-state index in [4.69, 9.17) is 10.9 Å². The SMILES string of the molecule is Cc1ccc(S(=O)(=O)Nc2ccc(N)cc2)cc1.Cc1ccc([S@](N)=O)cc1. The van der Waals surface area contributed by atoms with Crippen molar-refractivity contribution in [2.24, 2.45) is 5.14 Å². The molecule has 28 heavy (non-hydrogen) atoms. The molecular weight excluding hydrogens is 394 g/mol. The molecule has 0 radical (unpaired) electrons. The molecule has 0 unspecified atom stereocenters. The second kappa shape index (κ2) is 9.50. The van der Waals surface area contributed by atoms with Crippen LogP contribution in [0.1, 0.15) is 11.1 Å². The number of nitrogen functional groups attached to an aromatic ring is 1. The molecule has 5 N–H and O–H groups in total. The monoisotopic (exact) mass is 417 g/mol. The van der Waals surface area contributed by atoms with Crippen LogP contribution in [-0.4, -0.2) is 12.6 Å². The van der Waals surface area contributed by atoms with Crippen LogP contribution in [0.3, 0.4) is 0 Å². The fourth-order valence-corrected chi connectivity index (χ4v) is 3.62. The van der Waals surface area contributed by atoms with Crippen molar-refractivity contribution in [1.29, 1.82) is 0 Å². The van der Waals surface area contributed by atoms with Crippen LogP contribution in [-0.2, 0) is 21.0 Å². The summed E-state index contributed by atoms with van der Waals surface area (Å²) in [7, 11) is -4.87. The minimum atomic E-state index is -3.53. The van der Waals surface area contributed by atoms with Crippen LogP contribution in [0, 0.1) is 13.8 Å². The first-order chi connectivity index (χ1) is 13.2. The summed E-state index contributed by atoms with van der Waals surface area (Å²) in [6, 6.07) is 20.5. The first-order valence-corrected chi connectivity index (χ1v) is 11.0. The summed E-state index contributed by atoms with van der Waals surface area (Å²) in [6.45, 7) is 3.88. The van der Waals surface area contributed by atoms with E-state index >= 15 is 0 Å². The summed E-state index contributed by atoms with van der Waals surface area (Å²) in [5, 5.41) is 5.14. The number of hydrogen-bond acceptors (Lipinski definition) is 4. The maximum absolute atomic E-state index is 12.1. The number of sulfonamides is 1. The van der Waals surface area contributed by atoms with Crippen LogP contribution in [0.15, 0.2) is 82.6 Å². The van der Waals surface area contributed by atoms with Crippen molar-refractivity contribution in [1.82, 2.24) is 0 Å². The quantitative estimate of drug-likeness (QED) is 0.565. The van der Waals surface area contributed by atoms with Crippen LogP contribution >= 0.6 is 0 Å². The largest absolute Gasteiger partial charge is 0.399 e. The summed E-state index contributed by atoms with van der Waals surface area (Å²) < 4.78 is 37.3. The van der Waals surface area contributed by atoms with Gasteiger partial charge in [0.2, 0.25) is 0 Å². The smallest absolute Gasteiger partial charge is 0.261 e. The summed E-state index contributed by atoms with van der Waals surface area (Å²) in [5.74, 6) is 0. The molecule has 148 valence electrons. The van der Waals surface area contributed by atoms with Gasteiger partial charge in [-0.05, 0) is 62.4 Å². The van der Waals surface area contributed by atoms with Gasteiger partial charge in [0, 0.05) is 11.4 Å². The Bertz CT molecular complexity index is 1030. The lowest BCUT2D eigenvalue weighted by Crippen LogP contribution is -2.12. The Morgan fingerprint density at radius 2 is 1.25 bits per heavy atom. The highest BCUT2D eigenvalue weighted by Crippen LogP contribution is 2.17. The third-order valence-corrected chi connectivity index (χ3v) is 5.88. The van der Waals surface area contributed by atoms with Gasteiger partial charge in [0.15, 0.2) is 0 Å². The molecule has 0 saturated heterocycles. The molecule has 0 amide bonds. The normalized spacial score (nSPS) is 11.8. The second-order valence-electron chi connectivity index (χ2n) is 6.15. The van der Waals surface area contributed by atoms with Gasteiger partial charge in [-0.2, -0.15) is 0 Å². The van der Waals surface area contributed by atoms with Crippen LogP contribution in [0.5, 0.6) is 0 Å². The third-order valence-electron chi connectivity index (χ3n) is 3.75. The number of anilines is 2. The lowest BCUT2D eigenvalue weighted by Gasteiger charge is -2.08. The second-order valence-corrected chi connectivity index (χ2v) is 8.90. The van der Waals surface area contributed by atoms with E-state index in [2.05, 4.69) is 4.72 Å². The van der Waals surface area contributed by atoms with Crippen molar-refractivity contribution in [3.63, 3.8) is 0 Å². The van der Waals surface area contributed by atoms with Gasteiger partial charge in [0.25, 0.3) is 10.0 Å². The number of rotatable bonds is 4. The Morgan fingerprint density at radius 1 is 0.786 bits per heavy atom. The zero-order chi connectivity index (χ0) is 20.7. The molecule has 8 heteroatoms. The molecule has 0 aliphatic heterocycles. The lowest BCUT2D eigenvalue weighted by atomic mass is 10.2. The Hall–Kier alpha value is -2.68. The molecule has 3 aromatic rings. The zero-order valence-corrected chi connectivity index (χ0v) is 17.3. The van der Waals surface area contributed by atoms with Crippen LogP contribution < -0.4 is 15.6 Å². The van der Waals surface area contributed by atoms with Crippen molar-refractivity contribution in [2.45, 2.75) is 23.6 Å². The molecule has 0 aliphatic carbocycles. The highest BCUT2D eigenvalue weighted by Gasteiger charge is 2.13. The number of aryl methyl sites for hydroxylation is 2. The van der Waals surface area contributed by atoms with E-state index in [0.29, 0.717) is 16.3 Å². The zero-order valence-electron chi connectivity index (χ0n) is 15.6.